The fraction of sp³-hybridized carbons (Fsp3) is 0.950. The van der Waals surface area contributed by atoms with Crippen molar-refractivity contribution in [3.05, 3.63) is 0 Å². The molecule has 99 heavy (non-hydrogen) atoms. The number of ether oxygens (including phenoxy) is 4. The van der Waals surface area contributed by atoms with Crippen LogP contribution in [0.15, 0.2) is 0 Å². The van der Waals surface area contributed by atoms with Gasteiger partial charge in [-0.2, -0.15) is 0 Å². The van der Waals surface area contributed by atoms with Crippen molar-refractivity contribution in [3.63, 3.8) is 0 Å². The highest BCUT2D eigenvalue weighted by Gasteiger charge is 2.30. The van der Waals surface area contributed by atoms with Gasteiger partial charge in [-0.05, 0) is 37.5 Å². The summed E-state index contributed by atoms with van der Waals surface area (Å²) in [6.45, 7) is 9.60. The van der Waals surface area contributed by atoms with Crippen LogP contribution in [0.25, 0.3) is 0 Å². The minimum Gasteiger partial charge on any atom is -0.462 e. The molecule has 19 heteroatoms. The normalized spacial score (nSPS) is 14.2. The number of aliphatic hydroxyl groups is 1. The maximum absolute atomic E-state index is 13.1. The van der Waals surface area contributed by atoms with E-state index >= 15 is 0 Å². The van der Waals surface area contributed by atoms with Crippen LogP contribution >= 0.6 is 15.6 Å². The minimum atomic E-state index is -4.96. The number of phosphoric ester groups is 2. The van der Waals surface area contributed by atoms with Crippen LogP contribution < -0.4 is 0 Å². The Kier molecular flexibility index (Phi) is 70.3. The van der Waals surface area contributed by atoms with Crippen LogP contribution in [-0.4, -0.2) is 96.7 Å². The molecule has 0 spiro atoms. The molecule has 0 aromatic carbocycles. The lowest BCUT2D eigenvalue weighted by atomic mass is 9.99. The van der Waals surface area contributed by atoms with Gasteiger partial charge in [0, 0.05) is 25.7 Å². The van der Waals surface area contributed by atoms with Gasteiger partial charge in [-0.1, -0.05) is 369 Å². The molecule has 0 rings (SSSR count). The zero-order chi connectivity index (χ0) is 72.8. The summed E-state index contributed by atoms with van der Waals surface area (Å²) < 4.78 is 68.5. The number of hydrogen-bond acceptors (Lipinski definition) is 15. The lowest BCUT2D eigenvalue weighted by Crippen LogP contribution is -2.30. The molecule has 0 saturated heterocycles. The molecular formula is C80H156O17P2. The predicted octanol–water partition coefficient (Wildman–Crippen LogP) is 23.9. The monoisotopic (exact) mass is 1450 g/mol. The first-order valence-electron chi connectivity index (χ1n) is 41.5. The number of hydrogen-bond donors (Lipinski definition) is 3. The Labute approximate surface area is 607 Å². The Bertz CT molecular complexity index is 1910. The first-order valence-corrected chi connectivity index (χ1v) is 44.5. The van der Waals surface area contributed by atoms with E-state index in [1.807, 2.05) is 0 Å². The highest BCUT2D eigenvalue weighted by Crippen LogP contribution is 2.45. The molecule has 0 bridgehead atoms. The summed E-state index contributed by atoms with van der Waals surface area (Å²) in [5.41, 5.74) is 0. The maximum atomic E-state index is 13.1. The van der Waals surface area contributed by atoms with Crippen molar-refractivity contribution in [1.82, 2.24) is 0 Å². The second kappa shape index (κ2) is 71.7. The van der Waals surface area contributed by atoms with Gasteiger partial charge in [0.2, 0.25) is 0 Å². The van der Waals surface area contributed by atoms with E-state index in [4.69, 9.17) is 37.0 Å². The lowest BCUT2D eigenvalue weighted by Gasteiger charge is -2.21. The van der Waals surface area contributed by atoms with Crippen LogP contribution in [0, 0.1) is 11.8 Å². The van der Waals surface area contributed by atoms with Gasteiger partial charge in [0.05, 0.1) is 26.4 Å². The summed E-state index contributed by atoms with van der Waals surface area (Å²) in [5.74, 6) is -0.548. The van der Waals surface area contributed by atoms with Gasteiger partial charge in [0.15, 0.2) is 12.2 Å². The van der Waals surface area contributed by atoms with Crippen LogP contribution in [0.3, 0.4) is 0 Å². The molecule has 0 fully saturated rings. The van der Waals surface area contributed by atoms with E-state index in [-0.39, 0.29) is 25.7 Å². The average Bonchev–Trinajstić information content (AvgIpc) is 1.23. The minimum absolute atomic E-state index is 0.105. The van der Waals surface area contributed by atoms with Crippen molar-refractivity contribution < 1.29 is 80.2 Å². The molecule has 0 saturated carbocycles. The summed E-state index contributed by atoms with van der Waals surface area (Å²) in [5, 5.41) is 10.6. The molecule has 3 N–H and O–H groups in total. The smallest absolute Gasteiger partial charge is 0.462 e. The van der Waals surface area contributed by atoms with Crippen molar-refractivity contribution >= 4 is 39.5 Å². The van der Waals surface area contributed by atoms with Gasteiger partial charge >= 0.3 is 39.5 Å². The second-order valence-corrected chi connectivity index (χ2v) is 32.4. The van der Waals surface area contributed by atoms with Crippen molar-refractivity contribution in [2.75, 3.05) is 39.6 Å². The summed E-state index contributed by atoms with van der Waals surface area (Å²) in [6, 6.07) is 0. The third kappa shape index (κ3) is 72.8. The van der Waals surface area contributed by atoms with Crippen LogP contribution in [0.2, 0.25) is 0 Å². The van der Waals surface area contributed by atoms with Crippen molar-refractivity contribution in [2.45, 2.75) is 439 Å². The third-order valence-corrected chi connectivity index (χ3v) is 21.0. The van der Waals surface area contributed by atoms with E-state index in [1.54, 1.807) is 0 Å². The Morgan fingerprint density at radius 2 is 0.515 bits per heavy atom. The molecule has 17 nitrogen and oxygen atoms in total. The SMILES string of the molecule is CCCCCCCCCCCCCCCCCCCCCCCCC(=O)O[C@H](COC(=O)CCCCCCCCCCCCCCCCC(C)CC)COP(=O)(O)OC[C@@H](O)COP(=O)(O)OC[C@@H](COC(=O)CCCCCCCCCC)OC(=O)CCCCCCCCCCC(C)C. The molecule has 0 aliphatic heterocycles. The predicted molar refractivity (Wildman–Crippen MR) is 405 cm³/mol. The van der Waals surface area contributed by atoms with Crippen LogP contribution in [0.4, 0.5) is 0 Å². The molecule has 588 valence electrons. The molecule has 0 heterocycles. The van der Waals surface area contributed by atoms with Gasteiger partial charge in [0.1, 0.15) is 19.3 Å². The summed E-state index contributed by atoms with van der Waals surface area (Å²) in [4.78, 5) is 72.8. The number of carbonyl (C=O) groups excluding carboxylic acids is 4. The van der Waals surface area contributed by atoms with E-state index in [0.29, 0.717) is 25.7 Å². The van der Waals surface area contributed by atoms with E-state index in [2.05, 4.69) is 41.5 Å². The van der Waals surface area contributed by atoms with Crippen LogP contribution in [-0.2, 0) is 65.4 Å². The summed E-state index contributed by atoms with van der Waals surface area (Å²) in [6.07, 6.45) is 61.3. The molecular weight excluding hydrogens is 1290 g/mol. The van der Waals surface area contributed by atoms with E-state index in [1.165, 1.54) is 231 Å². The average molecular weight is 1450 g/mol. The van der Waals surface area contributed by atoms with Gasteiger partial charge in [-0.15, -0.1) is 0 Å². The molecule has 0 aromatic heterocycles. The molecule has 0 radical (unpaired) electrons. The summed E-state index contributed by atoms with van der Waals surface area (Å²) in [7, 11) is -9.91. The first kappa shape index (κ1) is 97.1. The molecule has 6 atom stereocenters. The van der Waals surface area contributed by atoms with Gasteiger partial charge in [0.25, 0.3) is 0 Å². The second-order valence-electron chi connectivity index (χ2n) is 29.5. The Morgan fingerprint density at radius 3 is 0.768 bits per heavy atom. The first-order chi connectivity index (χ1) is 47.9. The van der Waals surface area contributed by atoms with Crippen molar-refractivity contribution in [1.29, 1.82) is 0 Å². The Hall–Kier alpha value is -1.94. The highest BCUT2D eigenvalue weighted by atomic mass is 31.2. The maximum Gasteiger partial charge on any atom is 0.472 e. The van der Waals surface area contributed by atoms with Crippen molar-refractivity contribution in [3.8, 4) is 0 Å². The number of rotatable bonds is 79. The number of carbonyl (C=O) groups is 4. The molecule has 0 aromatic rings. The van der Waals surface area contributed by atoms with E-state index in [9.17, 15) is 43.2 Å². The van der Waals surface area contributed by atoms with Crippen LogP contribution in [0.1, 0.15) is 420 Å². The number of unbranched alkanes of at least 4 members (excludes halogenated alkanes) is 48. The van der Waals surface area contributed by atoms with Gasteiger partial charge in [-0.3, -0.25) is 37.3 Å². The number of phosphoric acid groups is 2. The zero-order valence-corrected chi connectivity index (χ0v) is 66.6. The Balaban J connectivity index is 5.17. The van der Waals surface area contributed by atoms with E-state index < -0.39 is 97.5 Å². The van der Waals surface area contributed by atoms with Gasteiger partial charge < -0.3 is 33.8 Å². The fourth-order valence-electron chi connectivity index (χ4n) is 12.3. The zero-order valence-electron chi connectivity index (χ0n) is 64.8. The molecule has 3 unspecified atom stereocenters. The molecule has 0 aliphatic rings. The topological polar surface area (TPSA) is 237 Å². The van der Waals surface area contributed by atoms with Crippen molar-refractivity contribution in [2.24, 2.45) is 11.8 Å². The fourth-order valence-corrected chi connectivity index (χ4v) is 13.9. The highest BCUT2D eigenvalue weighted by molar-refractivity contribution is 7.47. The quantitative estimate of drug-likeness (QED) is 0.0222. The standard InChI is InChI=1S/C80H156O17P2/c1-7-10-12-14-16-18-19-20-21-22-23-24-25-26-27-28-33-36-39-46-52-58-64-79(84)96-76(69-91-78(83)63-57-51-45-38-35-32-30-29-31-34-37-43-49-55-61-73(6)9-3)71-95-99(88,89)93-67-74(81)66-92-98(86,87)94-70-75(68-90-77(82)62-56-50-44-17-15-13-11-8-2)97-80(85)65-59-53-47-41-40-42-48-54-60-72(4)5/h72-76,81H,7-71H2,1-6H3,(H,86,87)(H,88,89)/t73?,74-,75+,76+/m0/s1. The largest absolute Gasteiger partial charge is 0.472 e. The molecule has 0 amide bonds. The third-order valence-electron chi connectivity index (χ3n) is 19.1. The number of esters is 4. The molecule has 0 aliphatic carbocycles. The van der Waals surface area contributed by atoms with Gasteiger partial charge in [-0.25, -0.2) is 9.13 Å². The lowest BCUT2D eigenvalue weighted by molar-refractivity contribution is -0.161. The Morgan fingerprint density at radius 1 is 0.293 bits per heavy atom. The van der Waals surface area contributed by atoms with E-state index in [0.717, 1.165) is 108 Å². The summed E-state index contributed by atoms with van der Waals surface area (Å²) >= 11 is 0. The number of aliphatic hydroxyl groups excluding tert-OH is 1. The van der Waals surface area contributed by atoms with Crippen LogP contribution in [0.5, 0.6) is 0 Å².